The van der Waals surface area contributed by atoms with Gasteiger partial charge in [0.1, 0.15) is 0 Å². The van der Waals surface area contributed by atoms with E-state index < -0.39 is 0 Å². The largest absolute Gasteiger partial charge is 0.348 e. The van der Waals surface area contributed by atoms with Crippen molar-refractivity contribution in [2.45, 2.75) is 65.5 Å². The molecular formula is C15H29N3S. The summed E-state index contributed by atoms with van der Waals surface area (Å²) in [4.78, 5) is 8.63. The van der Waals surface area contributed by atoms with Gasteiger partial charge in [-0.05, 0) is 32.7 Å². The fraction of sp³-hybridized carbons (Fsp3) is 0.800. The van der Waals surface area contributed by atoms with Crippen LogP contribution in [0.5, 0.6) is 0 Å². The summed E-state index contributed by atoms with van der Waals surface area (Å²) in [5.74, 6) is 0.545. The summed E-state index contributed by atoms with van der Waals surface area (Å²) in [5, 5.41) is 4.43. The topological polar surface area (TPSA) is 28.2 Å². The Morgan fingerprint density at radius 3 is 2.53 bits per heavy atom. The Hall–Kier alpha value is -0.610. The summed E-state index contributed by atoms with van der Waals surface area (Å²) in [5.41, 5.74) is 1.28. The Bertz CT molecular complexity index is 375. The Balaban J connectivity index is 2.96. The zero-order valence-corrected chi connectivity index (χ0v) is 14.1. The Morgan fingerprint density at radius 2 is 2.00 bits per heavy atom. The van der Waals surface area contributed by atoms with E-state index >= 15 is 0 Å². The van der Waals surface area contributed by atoms with Crippen LogP contribution in [0.3, 0.4) is 0 Å². The van der Waals surface area contributed by atoms with Crippen molar-refractivity contribution in [1.82, 2.24) is 10.3 Å². The average Bonchev–Trinajstić information content (AvgIpc) is 2.81. The maximum atomic E-state index is 4.91. The van der Waals surface area contributed by atoms with Crippen LogP contribution in [-0.4, -0.2) is 25.1 Å². The molecule has 0 spiro atoms. The standard InChI is InChI=1S/C15H29N3S/c1-7-9-12(4)18(6)15-17-14(11(3)8-2)13(19-15)10-16-5/h11-12,16H,7-10H2,1-6H3. The molecule has 0 radical (unpaired) electrons. The van der Waals surface area contributed by atoms with E-state index in [0.29, 0.717) is 12.0 Å². The summed E-state index contributed by atoms with van der Waals surface area (Å²) in [7, 11) is 4.17. The molecule has 1 heterocycles. The first-order valence-electron chi connectivity index (χ1n) is 7.42. The van der Waals surface area contributed by atoms with Crippen LogP contribution in [0, 0.1) is 0 Å². The fourth-order valence-electron chi connectivity index (χ4n) is 2.17. The van der Waals surface area contributed by atoms with Crippen LogP contribution in [-0.2, 0) is 6.54 Å². The first-order chi connectivity index (χ1) is 9.04. The molecule has 110 valence electrons. The number of aromatic nitrogens is 1. The van der Waals surface area contributed by atoms with Gasteiger partial charge in [0.25, 0.3) is 0 Å². The van der Waals surface area contributed by atoms with E-state index in [9.17, 15) is 0 Å². The van der Waals surface area contributed by atoms with Gasteiger partial charge in [-0.2, -0.15) is 0 Å². The highest BCUT2D eigenvalue weighted by Crippen LogP contribution is 2.32. The van der Waals surface area contributed by atoms with E-state index in [2.05, 4.69) is 45.0 Å². The molecule has 0 saturated carbocycles. The molecule has 0 aliphatic rings. The third-order valence-electron chi connectivity index (χ3n) is 3.80. The smallest absolute Gasteiger partial charge is 0.185 e. The molecule has 0 aliphatic heterocycles. The Morgan fingerprint density at radius 1 is 1.32 bits per heavy atom. The quantitative estimate of drug-likeness (QED) is 0.781. The monoisotopic (exact) mass is 283 g/mol. The second-order valence-corrected chi connectivity index (χ2v) is 6.46. The van der Waals surface area contributed by atoms with Crippen LogP contribution in [0.4, 0.5) is 5.13 Å². The van der Waals surface area contributed by atoms with Crippen LogP contribution < -0.4 is 10.2 Å². The number of hydrogen-bond acceptors (Lipinski definition) is 4. The summed E-state index contributed by atoms with van der Waals surface area (Å²) >= 11 is 1.84. The van der Waals surface area contributed by atoms with E-state index in [1.165, 1.54) is 28.5 Å². The molecule has 0 aromatic carbocycles. The second-order valence-electron chi connectivity index (χ2n) is 5.39. The predicted molar refractivity (Wildman–Crippen MR) is 86.4 cm³/mol. The number of nitrogens with one attached hydrogen (secondary N) is 1. The van der Waals surface area contributed by atoms with Gasteiger partial charge < -0.3 is 10.2 Å². The maximum absolute atomic E-state index is 4.91. The second kappa shape index (κ2) is 7.85. The molecule has 1 rings (SSSR count). The molecule has 0 bridgehead atoms. The molecule has 2 atom stereocenters. The van der Waals surface area contributed by atoms with Gasteiger partial charge in [0.05, 0.1) is 5.69 Å². The molecule has 3 nitrogen and oxygen atoms in total. The van der Waals surface area contributed by atoms with Crippen molar-refractivity contribution in [3.05, 3.63) is 10.6 Å². The highest BCUT2D eigenvalue weighted by Gasteiger charge is 2.19. The summed E-state index contributed by atoms with van der Waals surface area (Å²) in [6.45, 7) is 9.95. The Kier molecular flexibility index (Phi) is 6.80. The number of thiazole rings is 1. The zero-order valence-electron chi connectivity index (χ0n) is 13.3. The molecule has 1 aromatic rings. The lowest BCUT2D eigenvalue weighted by Crippen LogP contribution is -2.28. The van der Waals surface area contributed by atoms with Crippen LogP contribution in [0.25, 0.3) is 0 Å². The lowest BCUT2D eigenvalue weighted by Gasteiger charge is -2.23. The molecule has 4 heteroatoms. The summed E-state index contributed by atoms with van der Waals surface area (Å²) < 4.78 is 0. The van der Waals surface area contributed by atoms with Gasteiger partial charge in [-0.1, -0.05) is 27.2 Å². The first kappa shape index (κ1) is 16.4. The van der Waals surface area contributed by atoms with Crippen LogP contribution in [0.1, 0.15) is 63.4 Å². The maximum Gasteiger partial charge on any atom is 0.185 e. The minimum absolute atomic E-state index is 0.545. The molecule has 2 unspecified atom stereocenters. The van der Waals surface area contributed by atoms with E-state index in [1.807, 2.05) is 18.4 Å². The number of nitrogens with zero attached hydrogens (tertiary/aromatic N) is 2. The third-order valence-corrected chi connectivity index (χ3v) is 4.96. The zero-order chi connectivity index (χ0) is 14.4. The van der Waals surface area contributed by atoms with E-state index in [1.54, 1.807) is 0 Å². The minimum atomic E-state index is 0.545. The third kappa shape index (κ3) is 4.18. The SMILES string of the molecule is CCCC(C)N(C)c1nc(C(C)CC)c(CNC)s1. The molecule has 19 heavy (non-hydrogen) atoms. The Labute approximate surface area is 122 Å². The molecule has 0 amide bonds. The molecule has 0 saturated heterocycles. The summed E-state index contributed by atoms with van der Waals surface area (Å²) in [6.07, 6.45) is 3.59. The van der Waals surface area contributed by atoms with Crippen LogP contribution >= 0.6 is 11.3 Å². The fourth-order valence-corrected chi connectivity index (χ4v) is 3.42. The van der Waals surface area contributed by atoms with Crippen molar-refractivity contribution in [2.75, 3.05) is 19.0 Å². The highest BCUT2D eigenvalue weighted by atomic mass is 32.1. The van der Waals surface area contributed by atoms with E-state index in [0.717, 1.165) is 13.0 Å². The van der Waals surface area contributed by atoms with E-state index in [-0.39, 0.29) is 0 Å². The van der Waals surface area contributed by atoms with Gasteiger partial charge in [0.15, 0.2) is 5.13 Å². The summed E-state index contributed by atoms with van der Waals surface area (Å²) in [6, 6.07) is 0.559. The molecule has 1 aromatic heterocycles. The lowest BCUT2D eigenvalue weighted by atomic mass is 10.0. The first-order valence-corrected chi connectivity index (χ1v) is 8.23. The van der Waals surface area contributed by atoms with Crippen molar-refractivity contribution >= 4 is 16.5 Å². The average molecular weight is 283 g/mol. The molecular weight excluding hydrogens is 254 g/mol. The van der Waals surface area contributed by atoms with Gasteiger partial charge in [-0.15, -0.1) is 11.3 Å². The van der Waals surface area contributed by atoms with Crippen molar-refractivity contribution in [2.24, 2.45) is 0 Å². The molecule has 1 N–H and O–H groups in total. The van der Waals surface area contributed by atoms with Crippen LogP contribution in [0.2, 0.25) is 0 Å². The highest BCUT2D eigenvalue weighted by molar-refractivity contribution is 7.15. The minimum Gasteiger partial charge on any atom is -0.348 e. The van der Waals surface area contributed by atoms with E-state index in [4.69, 9.17) is 4.98 Å². The van der Waals surface area contributed by atoms with Gasteiger partial charge in [0.2, 0.25) is 0 Å². The number of rotatable bonds is 8. The van der Waals surface area contributed by atoms with Crippen molar-refractivity contribution in [3.63, 3.8) is 0 Å². The molecule has 0 fully saturated rings. The lowest BCUT2D eigenvalue weighted by molar-refractivity contribution is 0.612. The van der Waals surface area contributed by atoms with Gasteiger partial charge in [-0.3, -0.25) is 0 Å². The van der Waals surface area contributed by atoms with Crippen molar-refractivity contribution < 1.29 is 0 Å². The van der Waals surface area contributed by atoms with Crippen LogP contribution in [0.15, 0.2) is 0 Å². The van der Waals surface area contributed by atoms with Crippen molar-refractivity contribution in [3.8, 4) is 0 Å². The van der Waals surface area contributed by atoms with Crippen molar-refractivity contribution in [1.29, 1.82) is 0 Å². The van der Waals surface area contributed by atoms with Gasteiger partial charge in [0, 0.05) is 24.5 Å². The normalized spacial score (nSPS) is 14.4. The van der Waals surface area contributed by atoms with Gasteiger partial charge >= 0.3 is 0 Å². The molecule has 0 aliphatic carbocycles. The predicted octanol–water partition coefficient (Wildman–Crippen LogP) is 4.00. The van der Waals surface area contributed by atoms with Gasteiger partial charge in [-0.25, -0.2) is 4.98 Å². The number of anilines is 1. The number of hydrogen-bond donors (Lipinski definition) is 1.